The van der Waals surface area contributed by atoms with E-state index in [1.807, 2.05) is 60.7 Å². The van der Waals surface area contributed by atoms with Crippen molar-refractivity contribution in [1.82, 2.24) is 0 Å². The third-order valence-corrected chi connectivity index (χ3v) is 13.4. The number of halogens is 8. The van der Waals surface area contributed by atoms with Gasteiger partial charge in [-0.25, -0.2) is 0 Å². The van der Waals surface area contributed by atoms with Gasteiger partial charge in [-0.3, -0.25) is 0 Å². The minimum atomic E-state index is -0.853. The van der Waals surface area contributed by atoms with Crippen molar-refractivity contribution in [2.75, 3.05) is 26.4 Å². The van der Waals surface area contributed by atoms with Gasteiger partial charge in [-0.2, -0.15) is 0 Å². The molecule has 252 valence electrons. The monoisotopic (exact) mass is 1150 g/mol. The average Bonchev–Trinajstić information content (AvgIpc) is 3.01. The Morgan fingerprint density at radius 1 is 0.511 bits per heavy atom. The highest BCUT2D eigenvalue weighted by Gasteiger charge is 2.28. The lowest BCUT2D eigenvalue weighted by molar-refractivity contribution is 0.0618. The summed E-state index contributed by atoms with van der Waals surface area (Å²) in [7, 11) is 0. The van der Waals surface area contributed by atoms with Gasteiger partial charge in [-0.05, 0) is 187 Å². The van der Waals surface area contributed by atoms with Crippen LogP contribution >= 0.6 is 127 Å². The highest BCUT2D eigenvalue weighted by Crippen LogP contribution is 2.44. The van der Waals surface area contributed by atoms with Crippen molar-refractivity contribution >= 4 is 127 Å². The summed E-state index contributed by atoms with van der Waals surface area (Å²) in [5.74, 6) is 2.40. The Morgan fingerprint density at radius 2 is 0.830 bits per heavy atom. The summed E-state index contributed by atoms with van der Waals surface area (Å²) in [5, 5.41) is 21.1. The minimum Gasteiger partial charge on any atom is -0.490 e. The zero-order valence-electron chi connectivity index (χ0n) is 24.8. The van der Waals surface area contributed by atoms with Crippen LogP contribution in [0.25, 0.3) is 0 Å². The van der Waals surface area contributed by atoms with Gasteiger partial charge < -0.3 is 29.2 Å². The molecule has 4 aromatic rings. The Bertz CT molecular complexity index is 1550. The van der Waals surface area contributed by atoms with Gasteiger partial charge >= 0.3 is 0 Å². The van der Waals surface area contributed by atoms with Crippen LogP contribution in [0.5, 0.6) is 23.0 Å². The van der Waals surface area contributed by atoms with Crippen LogP contribution in [0.15, 0.2) is 96.4 Å². The van der Waals surface area contributed by atoms with Crippen LogP contribution in [-0.2, 0) is 5.41 Å². The Hall–Kier alpha value is -0.160. The first-order valence-corrected chi connectivity index (χ1v) is 20.3. The molecule has 0 fully saturated rings. The van der Waals surface area contributed by atoms with E-state index in [2.05, 4.69) is 141 Å². The van der Waals surface area contributed by atoms with Crippen molar-refractivity contribution in [3.8, 4) is 23.0 Å². The number of ether oxygens (including phenoxy) is 4. The van der Waals surface area contributed by atoms with Crippen LogP contribution in [-0.4, -0.2) is 48.8 Å². The largest absolute Gasteiger partial charge is 0.490 e. The fourth-order valence-corrected chi connectivity index (χ4v) is 8.59. The Kier molecular flexibility index (Phi) is 15.1. The van der Waals surface area contributed by atoms with Gasteiger partial charge in [-0.15, -0.1) is 0 Å². The van der Waals surface area contributed by atoms with E-state index < -0.39 is 17.6 Å². The number of aliphatic hydroxyl groups is 2. The molecule has 4 aromatic carbocycles. The first-order chi connectivity index (χ1) is 22.2. The molecule has 0 spiro atoms. The van der Waals surface area contributed by atoms with Crippen LogP contribution in [0.2, 0.25) is 0 Å². The molecule has 47 heavy (non-hydrogen) atoms. The molecule has 0 saturated carbocycles. The average molecular weight is 1160 g/mol. The third-order valence-electron chi connectivity index (χ3n) is 6.97. The van der Waals surface area contributed by atoms with Crippen molar-refractivity contribution in [3.63, 3.8) is 0 Å². The molecule has 0 heterocycles. The Morgan fingerprint density at radius 3 is 1.17 bits per heavy atom. The molecule has 14 heteroatoms. The van der Waals surface area contributed by atoms with Crippen molar-refractivity contribution < 1.29 is 29.2 Å². The highest BCUT2D eigenvalue weighted by atomic mass is 79.9. The molecular formula is C33H28Br8O6. The van der Waals surface area contributed by atoms with Gasteiger partial charge in [0.25, 0.3) is 0 Å². The molecule has 0 aliphatic heterocycles. The van der Waals surface area contributed by atoms with Crippen molar-refractivity contribution in [1.29, 1.82) is 0 Å². The molecule has 0 saturated heterocycles. The van der Waals surface area contributed by atoms with E-state index in [-0.39, 0.29) is 26.4 Å². The number of aliphatic hydroxyl groups excluding tert-OH is 2. The van der Waals surface area contributed by atoms with E-state index in [4.69, 9.17) is 18.9 Å². The quantitative estimate of drug-likeness (QED) is 0.131. The normalized spacial score (nSPS) is 12.9. The van der Waals surface area contributed by atoms with E-state index in [1.165, 1.54) is 0 Å². The molecule has 2 unspecified atom stereocenters. The summed E-state index contributed by atoms with van der Waals surface area (Å²) in [5.41, 5.74) is 1.61. The summed E-state index contributed by atoms with van der Waals surface area (Å²) in [6.07, 6.45) is -1.71. The van der Waals surface area contributed by atoms with Gasteiger partial charge in [0.1, 0.15) is 61.6 Å². The molecular weight excluding hydrogens is 1130 g/mol. The molecule has 2 N–H and O–H groups in total. The van der Waals surface area contributed by atoms with Crippen LogP contribution < -0.4 is 18.9 Å². The van der Waals surface area contributed by atoms with E-state index in [0.29, 0.717) is 23.0 Å². The first-order valence-electron chi connectivity index (χ1n) is 13.9. The number of rotatable bonds is 14. The molecule has 0 amide bonds. The molecule has 4 rings (SSSR count). The zero-order chi connectivity index (χ0) is 34.5. The van der Waals surface area contributed by atoms with E-state index in [0.717, 1.165) is 46.9 Å². The fourth-order valence-electron chi connectivity index (χ4n) is 4.30. The fraction of sp³-hybridized carbons (Fsp3) is 0.273. The zero-order valence-corrected chi connectivity index (χ0v) is 37.5. The lowest BCUT2D eigenvalue weighted by atomic mass is 9.78. The van der Waals surface area contributed by atoms with Crippen LogP contribution in [0.3, 0.4) is 0 Å². The molecule has 0 aliphatic rings. The lowest BCUT2D eigenvalue weighted by Crippen LogP contribution is -2.25. The molecule has 0 aromatic heterocycles. The third kappa shape index (κ3) is 10.4. The van der Waals surface area contributed by atoms with Crippen LogP contribution in [0.4, 0.5) is 0 Å². The van der Waals surface area contributed by atoms with E-state index in [1.54, 1.807) is 0 Å². The second kappa shape index (κ2) is 17.9. The summed E-state index contributed by atoms with van der Waals surface area (Å²) >= 11 is 28.5. The molecule has 0 bridgehead atoms. The number of benzene rings is 4. The van der Waals surface area contributed by atoms with Crippen molar-refractivity contribution in [2.24, 2.45) is 0 Å². The lowest BCUT2D eigenvalue weighted by Gasteiger charge is -2.28. The van der Waals surface area contributed by atoms with Gasteiger partial charge in [0, 0.05) is 14.4 Å². The molecule has 0 radical (unpaired) electrons. The summed E-state index contributed by atoms with van der Waals surface area (Å²) in [4.78, 5) is 0. The predicted molar refractivity (Wildman–Crippen MR) is 213 cm³/mol. The van der Waals surface area contributed by atoms with E-state index in [9.17, 15) is 10.2 Å². The van der Waals surface area contributed by atoms with Crippen LogP contribution in [0, 0.1) is 0 Å². The topological polar surface area (TPSA) is 77.4 Å². The van der Waals surface area contributed by atoms with Gasteiger partial charge in [0.2, 0.25) is 0 Å². The molecule has 0 aliphatic carbocycles. The summed E-state index contributed by atoms with van der Waals surface area (Å²) in [6, 6.07) is 19.2. The molecule has 2 atom stereocenters. The van der Waals surface area contributed by atoms with Gasteiger partial charge in [0.15, 0.2) is 0 Å². The maximum atomic E-state index is 10.5. The maximum Gasteiger partial charge on any atom is 0.147 e. The minimum absolute atomic E-state index is 0.0370. The summed E-state index contributed by atoms with van der Waals surface area (Å²) in [6.45, 7) is 4.45. The predicted octanol–water partition coefficient (Wildman–Crippen LogP) is 11.7. The van der Waals surface area contributed by atoms with Gasteiger partial charge in [0.05, 0.1) is 26.8 Å². The Labute approximate surface area is 341 Å². The second-order valence-corrected chi connectivity index (χ2v) is 17.5. The first kappa shape index (κ1) is 39.6. The molecule has 6 nitrogen and oxygen atoms in total. The second-order valence-electron chi connectivity index (χ2n) is 10.8. The number of hydrogen-bond donors (Lipinski definition) is 2. The van der Waals surface area contributed by atoms with E-state index >= 15 is 0 Å². The summed E-state index contributed by atoms with van der Waals surface area (Å²) < 4.78 is 29.7. The Balaban J connectivity index is 1.38. The maximum absolute atomic E-state index is 10.5. The number of hydrogen-bond acceptors (Lipinski definition) is 6. The van der Waals surface area contributed by atoms with Crippen molar-refractivity contribution in [3.05, 3.63) is 108 Å². The highest BCUT2D eigenvalue weighted by molar-refractivity contribution is 9.13. The SMILES string of the molecule is CC(C)(c1cc(Br)c(OCC(O)COc2cccc(Br)c2Br)c(Br)c1)c1cc(Br)c(OCC(O)COc2cccc(Br)c2Br)c(Br)c1. The standard InChI is InChI=1S/C33H28Br8O6/c1-33(2,17-9-23(36)31(24(37)10-17)46-15-19(42)13-44-27-7-3-5-21(34)29(27)40)18-11-25(38)32(26(39)12-18)47-16-20(43)14-45-28-8-4-6-22(35)30(28)41/h3-12,19-20,42-43H,13-16H2,1-2H3. The van der Waals surface area contributed by atoms with Crippen molar-refractivity contribution in [2.45, 2.75) is 31.5 Å². The van der Waals surface area contributed by atoms with Gasteiger partial charge in [-0.1, -0.05) is 26.0 Å². The smallest absolute Gasteiger partial charge is 0.147 e. The van der Waals surface area contributed by atoms with Crippen LogP contribution in [0.1, 0.15) is 25.0 Å².